The Bertz CT molecular complexity index is 3570. The summed E-state index contributed by atoms with van der Waals surface area (Å²) in [6.45, 7) is 0. The molecule has 0 fully saturated rings. The number of hydrogen-bond acceptors (Lipinski definition) is 2. The summed E-state index contributed by atoms with van der Waals surface area (Å²) in [5, 5.41) is 5.95. The zero-order valence-corrected chi connectivity index (χ0v) is 32.6. The van der Waals surface area contributed by atoms with E-state index >= 15 is 0 Å². The molecule has 0 N–H and O–H groups in total. The number of rotatable bonds is 6. The fourth-order valence-corrected chi connectivity index (χ4v) is 9.08. The third-order valence-corrected chi connectivity index (χ3v) is 11.9. The average molecular weight is 765 g/mol. The van der Waals surface area contributed by atoms with Crippen LogP contribution in [0.15, 0.2) is 218 Å². The van der Waals surface area contributed by atoms with Crippen molar-refractivity contribution >= 4 is 54.5 Å². The van der Waals surface area contributed by atoms with Crippen LogP contribution < -0.4 is 0 Å². The molecule has 0 saturated carbocycles. The Morgan fingerprint density at radius 1 is 0.267 bits per heavy atom. The second-order valence-electron chi connectivity index (χ2n) is 15.4. The quantitative estimate of drug-likeness (QED) is 0.169. The van der Waals surface area contributed by atoms with Crippen LogP contribution in [0.2, 0.25) is 0 Å². The van der Waals surface area contributed by atoms with Gasteiger partial charge < -0.3 is 9.13 Å². The first-order valence-electron chi connectivity index (χ1n) is 20.4. The molecule has 0 spiro atoms. The Balaban J connectivity index is 0.979. The molecule has 0 amide bonds. The molecule has 0 unspecified atom stereocenters. The average Bonchev–Trinajstić information content (AvgIpc) is 3.84. The Labute approximate surface area is 346 Å². The van der Waals surface area contributed by atoms with Crippen molar-refractivity contribution in [1.29, 1.82) is 0 Å². The molecule has 0 saturated heterocycles. The normalized spacial score (nSPS) is 11.7. The van der Waals surface area contributed by atoms with Gasteiger partial charge >= 0.3 is 0 Å². The number of hydrogen-bond donors (Lipinski definition) is 0. The highest BCUT2D eigenvalue weighted by Crippen LogP contribution is 2.39. The lowest BCUT2D eigenvalue weighted by molar-refractivity contribution is 1.18. The minimum absolute atomic E-state index is 0.713. The van der Waals surface area contributed by atoms with Gasteiger partial charge in [0.25, 0.3) is 0 Å². The van der Waals surface area contributed by atoms with Crippen molar-refractivity contribution in [1.82, 2.24) is 19.1 Å². The molecule has 60 heavy (non-hydrogen) atoms. The molecular weight excluding hydrogens is 729 g/mol. The topological polar surface area (TPSA) is 35.6 Å². The van der Waals surface area contributed by atoms with Crippen LogP contribution >= 0.6 is 0 Å². The molecule has 0 radical (unpaired) electrons. The van der Waals surface area contributed by atoms with Crippen LogP contribution in [0, 0.1) is 0 Å². The van der Waals surface area contributed by atoms with Crippen LogP contribution in [-0.2, 0) is 0 Å². The van der Waals surface area contributed by atoms with E-state index in [0.717, 1.165) is 55.8 Å². The highest BCUT2D eigenvalue weighted by Gasteiger charge is 2.17. The van der Waals surface area contributed by atoms with E-state index in [2.05, 4.69) is 209 Å². The lowest BCUT2D eigenvalue weighted by atomic mass is 9.97. The molecule has 0 bridgehead atoms. The summed E-state index contributed by atoms with van der Waals surface area (Å²) >= 11 is 0. The largest absolute Gasteiger partial charge is 0.309 e. The monoisotopic (exact) mass is 764 g/mol. The lowest BCUT2D eigenvalue weighted by Crippen LogP contribution is -1.96. The predicted molar refractivity (Wildman–Crippen MR) is 250 cm³/mol. The summed E-state index contributed by atoms with van der Waals surface area (Å²) in [7, 11) is 0. The molecule has 4 heteroatoms. The fraction of sp³-hybridized carbons (Fsp3) is 0. The molecule has 0 aliphatic carbocycles. The van der Waals surface area contributed by atoms with Crippen molar-refractivity contribution in [2.45, 2.75) is 0 Å². The molecule has 0 aliphatic rings. The van der Waals surface area contributed by atoms with Gasteiger partial charge in [-0.1, -0.05) is 146 Å². The maximum absolute atomic E-state index is 5.30. The number of para-hydroxylation sites is 4. The number of fused-ring (bicyclic) bond motifs is 7. The summed E-state index contributed by atoms with van der Waals surface area (Å²) in [6, 6.07) is 78.0. The van der Waals surface area contributed by atoms with Gasteiger partial charge in [-0.3, -0.25) is 0 Å². The van der Waals surface area contributed by atoms with Gasteiger partial charge in [0.15, 0.2) is 5.82 Å². The van der Waals surface area contributed by atoms with Crippen LogP contribution in [0.4, 0.5) is 0 Å². The maximum atomic E-state index is 5.30. The second kappa shape index (κ2) is 13.8. The zero-order chi connectivity index (χ0) is 39.6. The Hall–Kier alpha value is -8.08. The van der Waals surface area contributed by atoms with Gasteiger partial charge in [0.1, 0.15) is 0 Å². The van der Waals surface area contributed by atoms with Crippen LogP contribution in [0.25, 0.3) is 111 Å². The van der Waals surface area contributed by atoms with Crippen molar-refractivity contribution in [2.24, 2.45) is 0 Å². The molecule has 280 valence electrons. The first kappa shape index (κ1) is 34.0. The van der Waals surface area contributed by atoms with Crippen LogP contribution in [0.3, 0.4) is 0 Å². The van der Waals surface area contributed by atoms with Gasteiger partial charge in [-0.15, -0.1) is 0 Å². The first-order chi connectivity index (χ1) is 29.7. The SMILES string of the molecule is c1ccc(-c2nc(-c3ccc(-c4ccc5c(c4)c4ccccc4n5-c4ccccc4)cc3)c3cc(-c4ccc5c(c4)c4ccccc4n5-c4ccccc4)ccc3n2)cc1. The Kier molecular flexibility index (Phi) is 7.82. The van der Waals surface area contributed by atoms with Gasteiger partial charge in [-0.05, 0) is 95.1 Å². The number of benzene rings is 9. The van der Waals surface area contributed by atoms with E-state index in [1.165, 1.54) is 49.2 Å². The lowest BCUT2D eigenvalue weighted by Gasteiger charge is -2.12. The van der Waals surface area contributed by atoms with Crippen molar-refractivity contribution in [3.05, 3.63) is 218 Å². The highest BCUT2D eigenvalue weighted by atomic mass is 15.0. The van der Waals surface area contributed by atoms with E-state index < -0.39 is 0 Å². The van der Waals surface area contributed by atoms with Crippen LogP contribution in [0.5, 0.6) is 0 Å². The molecule has 12 rings (SSSR count). The summed E-state index contributed by atoms with van der Waals surface area (Å²) in [5.41, 5.74) is 15.6. The van der Waals surface area contributed by atoms with E-state index in [-0.39, 0.29) is 0 Å². The van der Waals surface area contributed by atoms with Gasteiger partial charge in [-0.25, -0.2) is 9.97 Å². The van der Waals surface area contributed by atoms with Gasteiger partial charge in [-0.2, -0.15) is 0 Å². The third-order valence-electron chi connectivity index (χ3n) is 11.9. The highest BCUT2D eigenvalue weighted by molar-refractivity contribution is 6.12. The zero-order valence-electron chi connectivity index (χ0n) is 32.6. The van der Waals surface area contributed by atoms with Gasteiger partial charge in [0, 0.05) is 49.4 Å². The smallest absolute Gasteiger partial charge is 0.160 e. The number of aromatic nitrogens is 4. The van der Waals surface area contributed by atoms with E-state index in [1.807, 2.05) is 18.2 Å². The van der Waals surface area contributed by atoms with Crippen LogP contribution in [0.1, 0.15) is 0 Å². The number of nitrogens with zero attached hydrogens (tertiary/aromatic N) is 4. The Morgan fingerprint density at radius 3 is 1.25 bits per heavy atom. The summed E-state index contributed by atoms with van der Waals surface area (Å²) < 4.78 is 4.72. The summed E-state index contributed by atoms with van der Waals surface area (Å²) in [5.74, 6) is 0.713. The third kappa shape index (κ3) is 5.53. The predicted octanol–water partition coefficient (Wildman–Crippen LogP) is 14.5. The standard InChI is InChI=1S/C56H36N4/c1-4-14-39(15-5-1)56-57-50-31-28-41(42-30-33-54-48(35-42)46-21-11-13-23-52(46)60(54)44-18-8-3-9-19-44)36-49(50)55(58-56)38-26-24-37(25-27-38)40-29-32-53-47(34-40)45-20-10-12-22-51(45)59(53)43-16-6-2-7-17-43/h1-36H. The molecular formula is C56H36N4. The van der Waals surface area contributed by atoms with Crippen molar-refractivity contribution < 1.29 is 0 Å². The van der Waals surface area contributed by atoms with Gasteiger partial charge in [0.2, 0.25) is 0 Å². The van der Waals surface area contributed by atoms with Crippen molar-refractivity contribution in [2.75, 3.05) is 0 Å². The fourth-order valence-electron chi connectivity index (χ4n) is 9.08. The minimum atomic E-state index is 0.713. The molecule has 4 nitrogen and oxygen atoms in total. The van der Waals surface area contributed by atoms with E-state index in [0.29, 0.717) is 5.82 Å². The summed E-state index contributed by atoms with van der Waals surface area (Å²) in [4.78, 5) is 10.4. The first-order valence-corrected chi connectivity index (χ1v) is 20.4. The maximum Gasteiger partial charge on any atom is 0.160 e. The van der Waals surface area contributed by atoms with E-state index in [4.69, 9.17) is 9.97 Å². The molecule has 12 aromatic rings. The van der Waals surface area contributed by atoms with E-state index in [1.54, 1.807) is 0 Å². The Morgan fingerprint density at radius 2 is 0.683 bits per heavy atom. The molecule has 0 atom stereocenters. The van der Waals surface area contributed by atoms with Gasteiger partial charge in [0.05, 0.1) is 33.3 Å². The molecule has 9 aromatic carbocycles. The second-order valence-corrected chi connectivity index (χ2v) is 15.4. The summed E-state index contributed by atoms with van der Waals surface area (Å²) in [6.07, 6.45) is 0. The van der Waals surface area contributed by atoms with Crippen molar-refractivity contribution in [3.63, 3.8) is 0 Å². The molecule has 3 heterocycles. The molecule has 0 aliphatic heterocycles. The van der Waals surface area contributed by atoms with Crippen molar-refractivity contribution in [3.8, 4) is 56.3 Å². The minimum Gasteiger partial charge on any atom is -0.309 e. The van der Waals surface area contributed by atoms with Crippen LogP contribution in [-0.4, -0.2) is 19.1 Å². The molecule has 3 aromatic heterocycles. The van der Waals surface area contributed by atoms with E-state index in [9.17, 15) is 0 Å².